The number of carbonyl (C=O) groups excluding carboxylic acids is 5. The van der Waals surface area contributed by atoms with Crippen LogP contribution in [-0.2, 0) is 30.3 Å². The van der Waals surface area contributed by atoms with Gasteiger partial charge in [-0.25, -0.2) is 4.79 Å². The number of nitrogens with zero attached hydrogens (tertiary/aromatic N) is 1. The Hall–Kier alpha value is -5.27. The number of allylic oxidation sites excluding steroid dienone is 2. The summed E-state index contributed by atoms with van der Waals surface area (Å²) in [5.74, 6) is -4.01. The van der Waals surface area contributed by atoms with Crippen LogP contribution < -0.4 is 15.4 Å². The zero-order valence-corrected chi connectivity index (χ0v) is 38.6. The van der Waals surface area contributed by atoms with Crippen molar-refractivity contribution in [3.05, 3.63) is 135 Å². The molecule has 0 unspecified atom stereocenters. The molecule has 7 atom stereocenters. The Morgan fingerprint density at radius 1 is 0.968 bits per heavy atom. The first kappa shape index (κ1) is 50.4. The summed E-state index contributed by atoms with van der Waals surface area (Å²) in [7, 11) is 1.50. The number of amides is 3. The Balaban J connectivity index is 1.79. The van der Waals surface area contributed by atoms with E-state index in [-0.39, 0.29) is 41.0 Å². The highest BCUT2D eigenvalue weighted by Crippen LogP contribution is 2.35. The van der Waals surface area contributed by atoms with Crippen LogP contribution in [0.15, 0.2) is 108 Å². The number of nitrogens with one attached hydrogen (secondary N) is 2. The molecular formula is C49H59Cl2N3O9. The Morgan fingerprint density at radius 2 is 1.57 bits per heavy atom. The van der Waals surface area contributed by atoms with Gasteiger partial charge in [-0.2, -0.15) is 0 Å². The Kier molecular flexibility index (Phi) is 18.3. The largest absolute Gasteiger partial charge is 0.482 e. The van der Waals surface area contributed by atoms with Crippen molar-refractivity contribution in [1.29, 1.82) is 0 Å². The minimum atomic E-state index is -1.87. The van der Waals surface area contributed by atoms with Crippen LogP contribution in [0.4, 0.5) is 0 Å². The quantitative estimate of drug-likeness (QED) is 0.119. The lowest BCUT2D eigenvalue weighted by atomic mass is 9.94. The smallest absolute Gasteiger partial charge is 0.332 e. The molecule has 4 rings (SSSR count). The van der Waals surface area contributed by atoms with E-state index < -0.39 is 71.5 Å². The summed E-state index contributed by atoms with van der Waals surface area (Å²) in [4.78, 5) is 71.2. The lowest BCUT2D eigenvalue weighted by molar-refractivity contribution is -0.162. The minimum absolute atomic E-state index is 0.0291. The van der Waals surface area contributed by atoms with E-state index in [2.05, 4.69) is 10.6 Å². The summed E-state index contributed by atoms with van der Waals surface area (Å²) < 4.78 is 11.9. The number of rotatable bonds is 10. The minimum Gasteiger partial charge on any atom is -0.482 e. The zero-order valence-electron chi connectivity index (χ0n) is 37.1. The van der Waals surface area contributed by atoms with Crippen molar-refractivity contribution < 1.29 is 43.7 Å². The van der Waals surface area contributed by atoms with Crippen LogP contribution in [-0.4, -0.2) is 88.1 Å². The van der Waals surface area contributed by atoms with Crippen LogP contribution in [0.1, 0.15) is 88.9 Å². The van der Waals surface area contributed by atoms with Gasteiger partial charge in [0.2, 0.25) is 17.7 Å². The van der Waals surface area contributed by atoms with E-state index >= 15 is 0 Å². The second kappa shape index (κ2) is 22.9. The summed E-state index contributed by atoms with van der Waals surface area (Å²) in [6.45, 7) is 11.2. The van der Waals surface area contributed by atoms with Gasteiger partial charge >= 0.3 is 5.97 Å². The highest BCUT2D eigenvalue weighted by Gasteiger charge is 2.41. The van der Waals surface area contributed by atoms with Gasteiger partial charge in [0.05, 0.1) is 21.8 Å². The molecule has 0 radical (unpaired) electrons. The molecule has 0 fully saturated rings. The predicted molar refractivity (Wildman–Crippen MR) is 244 cm³/mol. The third-order valence-corrected chi connectivity index (χ3v) is 11.7. The average molecular weight is 905 g/mol. The van der Waals surface area contributed by atoms with Crippen molar-refractivity contribution in [2.24, 2.45) is 11.8 Å². The number of hydrogen-bond acceptors (Lipinski definition) is 9. The van der Waals surface area contributed by atoms with Crippen molar-refractivity contribution in [1.82, 2.24) is 15.5 Å². The van der Waals surface area contributed by atoms with E-state index in [0.29, 0.717) is 34.3 Å². The molecule has 3 aromatic carbocycles. The van der Waals surface area contributed by atoms with Crippen molar-refractivity contribution in [3.63, 3.8) is 0 Å². The van der Waals surface area contributed by atoms with Crippen LogP contribution in [0.25, 0.3) is 0 Å². The molecule has 0 spiro atoms. The molecule has 12 nitrogen and oxygen atoms in total. The number of esters is 1. The summed E-state index contributed by atoms with van der Waals surface area (Å²) in [6.07, 6.45) is 5.52. The van der Waals surface area contributed by atoms with Gasteiger partial charge in [-0.15, -0.1) is 0 Å². The van der Waals surface area contributed by atoms with Gasteiger partial charge in [-0.3, -0.25) is 19.2 Å². The number of hydrogen-bond donors (Lipinski definition) is 4. The van der Waals surface area contributed by atoms with E-state index in [4.69, 9.17) is 32.7 Å². The molecule has 3 amide bonds. The van der Waals surface area contributed by atoms with Crippen LogP contribution in [0, 0.1) is 11.8 Å². The molecule has 0 saturated heterocycles. The molecule has 1 aliphatic rings. The van der Waals surface area contributed by atoms with Crippen LogP contribution >= 0.6 is 23.2 Å². The maximum absolute atomic E-state index is 14.5. The molecule has 4 N–H and O–H groups in total. The average Bonchev–Trinajstić information content (AvgIpc) is 3.24. The molecule has 338 valence electrons. The third-order valence-electron chi connectivity index (χ3n) is 11.1. The molecular weight excluding hydrogens is 845 g/mol. The molecule has 0 aromatic heterocycles. The molecule has 1 aliphatic heterocycles. The fraction of sp³-hybridized carbons (Fsp3) is 0.408. The van der Waals surface area contributed by atoms with Gasteiger partial charge in [-0.1, -0.05) is 135 Å². The molecule has 14 heteroatoms. The van der Waals surface area contributed by atoms with Crippen molar-refractivity contribution >= 4 is 52.7 Å². The van der Waals surface area contributed by atoms with E-state index in [0.717, 1.165) is 0 Å². The van der Waals surface area contributed by atoms with Crippen molar-refractivity contribution in [2.75, 3.05) is 13.7 Å². The van der Waals surface area contributed by atoms with Gasteiger partial charge in [-0.05, 0) is 68.9 Å². The molecule has 63 heavy (non-hydrogen) atoms. The number of Topliss-reactive ketones (excluding diaryl/α,β-unsaturated/α-hetero) is 1. The van der Waals surface area contributed by atoms with Gasteiger partial charge in [0.25, 0.3) is 0 Å². The number of benzene rings is 3. The van der Waals surface area contributed by atoms with Gasteiger partial charge < -0.3 is 35.2 Å². The van der Waals surface area contributed by atoms with Crippen molar-refractivity contribution in [2.45, 2.75) is 104 Å². The Bertz CT molecular complexity index is 2160. The SMILES string of the molecule is CC[C@H](C)[C@H]1C(=O)N[C@H](Cc2cc(Cl)c(OCC(=O)c3ccccc3)c(Cl)c2)C(=O)N[C@@H](C(C)(C)O)C(=O)O[C@H](c2ccccc2)[C@H](C)/C=C/C=C(\C)[C@H](O)C/C=C(\C)C(=O)N1C. The second-order valence-corrected chi connectivity index (χ2v) is 17.4. The number of likely N-dealkylation sites (N-methyl/N-ethyl adjacent to an activating group) is 1. The molecule has 0 aliphatic carbocycles. The Morgan fingerprint density at radius 3 is 2.16 bits per heavy atom. The second-order valence-electron chi connectivity index (χ2n) is 16.6. The fourth-order valence-corrected chi connectivity index (χ4v) is 7.74. The van der Waals surface area contributed by atoms with Crippen molar-refractivity contribution in [3.8, 4) is 5.75 Å². The topological polar surface area (TPSA) is 172 Å². The van der Waals surface area contributed by atoms with E-state index in [1.54, 1.807) is 93.6 Å². The first-order valence-corrected chi connectivity index (χ1v) is 21.7. The number of aliphatic hydroxyl groups excluding tert-OH is 1. The molecule has 0 saturated carbocycles. The van der Waals surface area contributed by atoms with E-state index in [1.807, 2.05) is 26.0 Å². The lowest BCUT2D eigenvalue weighted by Crippen LogP contribution is -2.61. The lowest BCUT2D eigenvalue weighted by Gasteiger charge is -2.34. The molecule has 1 heterocycles. The predicted octanol–water partition coefficient (Wildman–Crippen LogP) is 7.55. The van der Waals surface area contributed by atoms with Crippen LogP contribution in [0.2, 0.25) is 10.0 Å². The third kappa shape index (κ3) is 13.9. The number of cyclic esters (lactones) is 1. The summed E-state index contributed by atoms with van der Waals surface area (Å²) in [5, 5.41) is 27.9. The maximum Gasteiger partial charge on any atom is 0.332 e. The first-order valence-electron chi connectivity index (χ1n) is 21.0. The number of ketones is 1. The standard InChI is InChI=1S/C49H59Cl2N3O9/c1-9-29(2)41-46(58)52-38(27-33-25-36(50)43(37(51)26-33)62-28-40(56)34-19-12-10-13-20-34)45(57)53-44(49(6,7)61)48(60)63-42(35-21-14-11-15-22-35)31(4)18-16-17-30(3)39(55)24-23-32(5)47(59)54(41)8/h10-23,25-26,29,31,38-39,41-42,44,55,61H,9,24,27-28H2,1-8H3,(H,52,58)(H,53,57)/b18-16+,30-17+,32-23+/t29-,31+,38+,39+,41-,42-,44+/m0/s1. The van der Waals surface area contributed by atoms with Crippen LogP contribution in [0.3, 0.4) is 0 Å². The summed E-state index contributed by atoms with van der Waals surface area (Å²) in [5.41, 5.74) is 0.524. The van der Waals surface area contributed by atoms with E-state index in [1.165, 1.54) is 37.9 Å². The number of carbonyl (C=O) groups is 5. The number of halogens is 2. The fourth-order valence-electron chi connectivity index (χ4n) is 7.10. The number of ether oxygens (including phenoxy) is 2. The molecule has 0 bridgehead atoms. The monoisotopic (exact) mass is 903 g/mol. The summed E-state index contributed by atoms with van der Waals surface area (Å²) in [6, 6.07) is 16.4. The van der Waals surface area contributed by atoms with Gasteiger partial charge in [0.15, 0.2) is 24.2 Å². The maximum atomic E-state index is 14.5. The van der Waals surface area contributed by atoms with Gasteiger partial charge in [0.1, 0.15) is 18.2 Å². The normalized spacial score (nSPS) is 25.2. The van der Waals surface area contributed by atoms with E-state index in [9.17, 15) is 34.2 Å². The number of aliphatic hydroxyl groups is 2. The first-order chi connectivity index (χ1) is 29.7. The summed E-state index contributed by atoms with van der Waals surface area (Å²) >= 11 is 13.3. The van der Waals surface area contributed by atoms with Gasteiger partial charge in [0, 0.05) is 30.5 Å². The highest BCUT2D eigenvalue weighted by atomic mass is 35.5. The molecule has 3 aromatic rings. The highest BCUT2D eigenvalue weighted by molar-refractivity contribution is 6.37. The van der Waals surface area contributed by atoms with Crippen LogP contribution in [0.5, 0.6) is 5.75 Å². The Labute approximate surface area is 380 Å². The zero-order chi connectivity index (χ0) is 46.6.